The number of anilines is 1. The first-order valence-corrected chi connectivity index (χ1v) is 9.28. The second-order valence-electron chi connectivity index (χ2n) is 7.70. The van der Waals surface area contributed by atoms with Gasteiger partial charge in [-0.15, -0.1) is 0 Å². The normalized spacial score (nSPS) is 23.3. The van der Waals surface area contributed by atoms with Gasteiger partial charge in [0, 0.05) is 26.3 Å². The molecule has 1 aromatic rings. The van der Waals surface area contributed by atoms with Crippen LogP contribution in [-0.4, -0.2) is 42.2 Å². The molecule has 4 nitrogen and oxygen atoms in total. The molecule has 1 atom stereocenters. The van der Waals surface area contributed by atoms with Crippen LogP contribution in [0.3, 0.4) is 0 Å². The number of carbonyl (C=O) groups is 1. The minimum Gasteiger partial charge on any atom is -0.389 e. The van der Waals surface area contributed by atoms with E-state index in [0.29, 0.717) is 0 Å². The van der Waals surface area contributed by atoms with E-state index in [1.807, 2.05) is 19.0 Å². The van der Waals surface area contributed by atoms with Gasteiger partial charge >= 0.3 is 0 Å². The molecule has 24 heavy (non-hydrogen) atoms. The van der Waals surface area contributed by atoms with Crippen molar-refractivity contribution in [3.8, 4) is 0 Å². The van der Waals surface area contributed by atoms with Gasteiger partial charge in [-0.05, 0) is 43.4 Å². The average molecular weight is 330 g/mol. The molecule has 1 saturated heterocycles. The fourth-order valence-corrected chi connectivity index (χ4v) is 4.19. The maximum Gasteiger partial charge on any atom is 0.225 e. The van der Waals surface area contributed by atoms with Crippen molar-refractivity contribution >= 4 is 11.6 Å². The molecule has 132 valence electrons. The molecule has 2 fully saturated rings. The average Bonchev–Trinajstić information content (AvgIpc) is 3.05. The van der Waals surface area contributed by atoms with Crippen LogP contribution >= 0.6 is 0 Å². The lowest BCUT2D eigenvalue weighted by Gasteiger charge is -2.34. The molecule has 0 spiro atoms. The van der Waals surface area contributed by atoms with Crippen LogP contribution in [0.4, 0.5) is 5.69 Å². The van der Waals surface area contributed by atoms with Crippen LogP contribution in [0.15, 0.2) is 24.3 Å². The second-order valence-corrected chi connectivity index (χ2v) is 7.70. The molecule has 0 radical (unpaired) electrons. The molecule has 1 N–H and O–H groups in total. The molecule has 1 saturated carbocycles. The summed E-state index contributed by atoms with van der Waals surface area (Å²) in [5.41, 5.74) is 1.61. The summed E-state index contributed by atoms with van der Waals surface area (Å²) >= 11 is 0. The van der Waals surface area contributed by atoms with Crippen molar-refractivity contribution in [1.29, 1.82) is 0 Å². The number of benzene rings is 1. The van der Waals surface area contributed by atoms with Crippen LogP contribution in [-0.2, 0) is 4.79 Å². The van der Waals surface area contributed by atoms with E-state index >= 15 is 0 Å². The largest absolute Gasteiger partial charge is 0.389 e. The lowest BCUT2D eigenvalue weighted by molar-refractivity contribution is -0.138. The van der Waals surface area contributed by atoms with Gasteiger partial charge in [-0.2, -0.15) is 0 Å². The van der Waals surface area contributed by atoms with Gasteiger partial charge in [-0.25, -0.2) is 0 Å². The fourth-order valence-electron chi connectivity index (χ4n) is 4.19. The zero-order valence-electron chi connectivity index (χ0n) is 15.0. The summed E-state index contributed by atoms with van der Waals surface area (Å²) in [6.45, 7) is 0.811. The summed E-state index contributed by atoms with van der Waals surface area (Å²) in [5, 5.41) is 10.7. The first-order valence-electron chi connectivity index (χ1n) is 9.28. The van der Waals surface area contributed by atoms with E-state index < -0.39 is 5.60 Å². The van der Waals surface area contributed by atoms with E-state index in [2.05, 4.69) is 29.2 Å². The highest BCUT2D eigenvalue weighted by Gasteiger charge is 2.37. The van der Waals surface area contributed by atoms with Crippen molar-refractivity contribution in [2.24, 2.45) is 0 Å². The van der Waals surface area contributed by atoms with Gasteiger partial charge in [-0.3, -0.25) is 4.79 Å². The highest BCUT2D eigenvalue weighted by Crippen LogP contribution is 2.37. The summed E-state index contributed by atoms with van der Waals surface area (Å²) in [4.78, 5) is 17.0. The van der Waals surface area contributed by atoms with Gasteiger partial charge in [0.2, 0.25) is 5.91 Å². The third kappa shape index (κ3) is 3.75. The van der Waals surface area contributed by atoms with Crippen molar-refractivity contribution in [1.82, 2.24) is 4.90 Å². The maximum absolute atomic E-state index is 12.9. The number of likely N-dealkylation sites (tertiary alicyclic amines) is 1. The number of carbonyl (C=O) groups excluding carboxylic acids is 1. The van der Waals surface area contributed by atoms with Crippen molar-refractivity contribution in [2.45, 2.75) is 63.0 Å². The summed E-state index contributed by atoms with van der Waals surface area (Å²) in [7, 11) is 4.07. The van der Waals surface area contributed by atoms with E-state index in [0.717, 1.165) is 50.8 Å². The van der Waals surface area contributed by atoms with E-state index in [-0.39, 0.29) is 18.4 Å². The molecule has 4 heteroatoms. The molecule has 1 amide bonds. The van der Waals surface area contributed by atoms with Crippen LogP contribution in [0.25, 0.3) is 0 Å². The molecule has 2 aliphatic rings. The number of amides is 1. The van der Waals surface area contributed by atoms with E-state index in [1.54, 1.807) is 0 Å². The number of hydrogen-bond donors (Lipinski definition) is 1. The van der Waals surface area contributed by atoms with E-state index in [1.165, 1.54) is 12.0 Å². The van der Waals surface area contributed by atoms with E-state index in [9.17, 15) is 9.90 Å². The fraction of sp³-hybridized carbons (Fsp3) is 0.650. The molecule has 1 aromatic carbocycles. The van der Waals surface area contributed by atoms with Gasteiger partial charge in [0.15, 0.2) is 0 Å². The van der Waals surface area contributed by atoms with Crippen LogP contribution in [0.5, 0.6) is 0 Å². The Labute approximate surface area is 145 Å². The molecular weight excluding hydrogens is 300 g/mol. The molecule has 1 heterocycles. The van der Waals surface area contributed by atoms with Gasteiger partial charge in [0.1, 0.15) is 0 Å². The molecule has 1 aliphatic carbocycles. The minimum atomic E-state index is -0.770. The van der Waals surface area contributed by atoms with Crippen LogP contribution in [0.1, 0.15) is 63.0 Å². The Kier molecular flexibility index (Phi) is 5.14. The standard InChI is InChI=1S/C20H30N2O2/c1-21(2)17-9-6-8-16(14-17)18-10-7-13-22(18)19(23)15-20(24)11-4-3-5-12-20/h6,8-9,14,18,24H,3-5,7,10-13,15H2,1-2H3. The summed E-state index contributed by atoms with van der Waals surface area (Å²) < 4.78 is 0. The Balaban J connectivity index is 1.73. The monoisotopic (exact) mass is 330 g/mol. The first kappa shape index (κ1) is 17.3. The molecule has 3 rings (SSSR count). The number of rotatable bonds is 4. The van der Waals surface area contributed by atoms with Crippen LogP contribution < -0.4 is 4.90 Å². The third-order valence-electron chi connectivity index (χ3n) is 5.61. The second kappa shape index (κ2) is 7.14. The van der Waals surface area contributed by atoms with Crippen LogP contribution in [0.2, 0.25) is 0 Å². The molecule has 0 aromatic heterocycles. The number of aliphatic hydroxyl groups is 1. The molecule has 0 bridgehead atoms. The Hall–Kier alpha value is -1.55. The predicted octanol–water partition coefficient (Wildman–Crippen LogP) is 3.50. The Morgan fingerprint density at radius 3 is 2.71 bits per heavy atom. The third-order valence-corrected chi connectivity index (χ3v) is 5.61. The van der Waals surface area contributed by atoms with Crippen LogP contribution in [0, 0.1) is 0 Å². The van der Waals surface area contributed by atoms with Gasteiger partial charge in [-0.1, -0.05) is 31.4 Å². The molecule has 1 aliphatic heterocycles. The van der Waals surface area contributed by atoms with E-state index in [4.69, 9.17) is 0 Å². The number of nitrogens with zero attached hydrogens (tertiary/aromatic N) is 2. The van der Waals surface area contributed by atoms with Gasteiger partial charge < -0.3 is 14.9 Å². The SMILES string of the molecule is CN(C)c1cccc(C2CCCN2C(=O)CC2(O)CCCCC2)c1. The summed E-state index contributed by atoms with van der Waals surface area (Å²) in [6, 6.07) is 8.63. The van der Waals surface area contributed by atoms with Crippen molar-refractivity contribution < 1.29 is 9.90 Å². The highest BCUT2D eigenvalue weighted by atomic mass is 16.3. The number of hydrogen-bond acceptors (Lipinski definition) is 3. The Morgan fingerprint density at radius 2 is 2.00 bits per heavy atom. The Bertz CT molecular complexity index is 579. The minimum absolute atomic E-state index is 0.122. The highest BCUT2D eigenvalue weighted by molar-refractivity contribution is 5.78. The lowest BCUT2D eigenvalue weighted by atomic mass is 9.82. The first-order chi connectivity index (χ1) is 11.5. The maximum atomic E-state index is 12.9. The smallest absolute Gasteiger partial charge is 0.225 e. The topological polar surface area (TPSA) is 43.8 Å². The van der Waals surface area contributed by atoms with Crippen molar-refractivity contribution in [2.75, 3.05) is 25.5 Å². The summed E-state index contributed by atoms with van der Waals surface area (Å²) in [6.07, 6.45) is 7.15. The van der Waals surface area contributed by atoms with Crippen molar-refractivity contribution in [3.63, 3.8) is 0 Å². The quantitative estimate of drug-likeness (QED) is 0.919. The zero-order valence-corrected chi connectivity index (χ0v) is 15.0. The predicted molar refractivity (Wildman–Crippen MR) is 97.1 cm³/mol. The van der Waals surface area contributed by atoms with Crippen molar-refractivity contribution in [3.05, 3.63) is 29.8 Å². The molecular formula is C20H30N2O2. The summed E-state index contributed by atoms with van der Waals surface area (Å²) in [5.74, 6) is 0.122. The van der Waals surface area contributed by atoms with Gasteiger partial charge in [0.05, 0.1) is 18.1 Å². The zero-order chi connectivity index (χ0) is 17.2. The van der Waals surface area contributed by atoms with Gasteiger partial charge in [0.25, 0.3) is 0 Å². The lowest BCUT2D eigenvalue weighted by Crippen LogP contribution is -2.40. The Morgan fingerprint density at radius 1 is 1.25 bits per heavy atom. The molecule has 1 unspecified atom stereocenters.